The lowest BCUT2D eigenvalue weighted by Gasteiger charge is -2.33. The molecule has 3 rings (SSSR count). The molecule has 3 nitrogen and oxygen atoms in total. The minimum atomic E-state index is -3.33. The van der Waals surface area contributed by atoms with Crippen LogP contribution in [0.5, 0.6) is 0 Å². The van der Waals surface area contributed by atoms with Gasteiger partial charge in [-0.15, -0.1) is 11.3 Å². The first-order valence-corrected chi connectivity index (χ1v) is 10.8. The summed E-state index contributed by atoms with van der Waals surface area (Å²) in [6.07, 6.45) is 8.27. The molecule has 1 aliphatic heterocycles. The van der Waals surface area contributed by atoms with Crippen LogP contribution in [0.3, 0.4) is 0 Å². The van der Waals surface area contributed by atoms with Crippen LogP contribution in [0.4, 0.5) is 0 Å². The molecule has 118 valence electrons. The number of rotatable bonds is 3. The number of hydrogen-bond donors (Lipinski definition) is 0. The fourth-order valence-corrected chi connectivity index (χ4v) is 8.01. The molecule has 1 aliphatic carbocycles. The van der Waals surface area contributed by atoms with E-state index >= 15 is 0 Å². The Morgan fingerprint density at radius 2 is 1.90 bits per heavy atom. The van der Waals surface area contributed by atoms with Crippen molar-refractivity contribution in [3.05, 3.63) is 14.7 Å². The fourth-order valence-electron chi connectivity index (χ4n) is 3.87. The third-order valence-electron chi connectivity index (χ3n) is 4.87. The molecule has 2 fully saturated rings. The molecule has 0 radical (unpaired) electrons. The first kappa shape index (κ1) is 16.0. The minimum absolute atomic E-state index is 0.230. The summed E-state index contributed by atoms with van der Waals surface area (Å²) in [5, 5.41) is 0. The van der Waals surface area contributed by atoms with Gasteiger partial charge in [0.15, 0.2) is 0 Å². The van der Waals surface area contributed by atoms with Crippen LogP contribution in [0.1, 0.15) is 49.8 Å². The van der Waals surface area contributed by atoms with E-state index in [0.29, 0.717) is 17.4 Å². The maximum atomic E-state index is 13.0. The van der Waals surface area contributed by atoms with Crippen LogP contribution < -0.4 is 0 Å². The van der Waals surface area contributed by atoms with Crippen LogP contribution in [-0.4, -0.2) is 25.3 Å². The molecule has 6 heteroatoms. The van der Waals surface area contributed by atoms with Gasteiger partial charge in [0.05, 0.1) is 8.68 Å². The van der Waals surface area contributed by atoms with Gasteiger partial charge in [0.25, 0.3) is 0 Å². The third kappa shape index (κ3) is 3.09. The van der Waals surface area contributed by atoms with Crippen molar-refractivity contribution in [2.45, 2.75) is 62.8 Å². The van der Waals surface area contributed by atoms with Crippen LogP contribution in [0.2, 0.25) is 0 Å². The lowest BCUT2D eigenvalue weighted by atomic mass is 9.83. The Morgan fingerprint density at radius 1 is 1.19 bits per heavy atom. The normalized spacial score (nSPS) is 25.5. The Bertz CT molecular complexity index is 605. The molecule has 0 N–H and O–H groups in total. The van der Waals surface area contributed by atoms with Crippen LogP contribution in [0.25, 0.3) is 0 Å². The van der Waals surface area contributed by atoms with Gasteiger partial charge in [-0.2, -0.15) is 4.31 Å². The minimum Gasteiger partial charge on any atom is -0.207 e. The molecule has 0 spiro atoms. The van der Waals surface area contributed by atoms with Gasteiger partial charge in [-0.3, -0.25) is 0 Å². The summed E-state index contributed by atoms with van der Waals surface area (Å²) in [6, 6.07) is 2.00. The van der Waals surface area contributed by atoms with E-state index in [4.69, 9.17) is 0 Å². The Labute approximate surface area is 139 Å². The Morgan fingerprint density at radius 3 is 2.52 bits per heavy atom. The van der Waals surface area contributed by atoms with Crippen molar-refractivity contribution < 1.29 is 8.42 Å². The average molecular weight is 392 g/mol. The van der Waals surface area contributed by atoms with Gasteiger partial charge in [0, 0.05) is 17.5 Å². The summed E-state index contributed by atoms with van der Waals surface area (Å²) in [4.78, 5) is 1.39. The predicted molar refractivity (Wildman–Crippen MR) is 90.2 cm³/mol. The fraction of sp³-hybridized carbons (Fsp3) is 0.733. The second-order valence-corrected chi connectivity index (χ2v) is 10.7. The molecular formula is C15H22BrNO2S2. The van der Waals surface area contributed by atoms with E-state index < -0.39 is 10.0 Å². The quantitative estimate of drug-likeness (QED) is 0.757. The van der Waals surface area contributed by atoms with E-state index in [0.717, 1.165) is 21.5 Å². The average Bonchev–Trinajstić information content (AvgIpc) is 3.07. The molecule has 21 heavy (non-hydrogen) atoms. The third-order valence-corrected chi connectivity index (χ3v) is 8.60. The Hall–Kier alpha value is 0.0900. The van der Waals surface area contributed by atoms with Crippen LogP contribution in [-0.2, 0) is 10.0 Å². The summed E-state index contributed by atoms with van der Waals surface area (Å²) in [5.74, 6) is 0.568. The largest absolute Gasteiger partial charge is 0.244 e. The molecule has 1 aromatic heterocycles. The summed E-state index contributed by atoms with van der Waals surface area (Å²) < 4.78 is 28.8. The molecule has 1 saturated heterocycles. The second kappa shape index (κ2) is 6.30. The van der Waals surface area contributed by atoms with Crippen molar-refractivity contribution in [2.75, 3.05) is 6.54 Å². The molecule has 1 atom stereocenters. The van der Waals surface area contributed by atoms with Crippen LogP contribution >= 0.6 is 27.3 Å². The molecular weight excluding hydrogens is 370 g/mol. The van der Waals surface area contributed by atoms with Gasteiger partial charge in [0.2, 0.25) is 10.0 Å². The zero-order chi connectivity index (χ0) is 15.0. The highest BCUT2D eigenvalue weighted by Gasteiger charge is 2.40. The van der Waals surface area contributed by atoms with Gasteiger partial charge in [-0.25, -0.2) is 8.42 Å². The number of halogens is 1. The number of aryl methyl sites for hydroxylation is 1. The monoisotopic (exact) mass is 391 g/mol. The lowest BCUT2D eigenvalue weighted by molar-refractivity contribution is 0.226. The van der Waals surface area contributed by atoms with E-state index in [1.807, 2.05) is 11.2 Å². The number of nitrogens with zero attached hydrogens (tertiary/aromatic N) is 1. The van der Waals surface area contributed by atoms with Crippen molar-refractivity contribution in [3.8, 4) is 0 Å². The molecule has 0 amide bonds. The van der Waals surface area contributed by atoms with Crippen LogP contribution in [0.15, 0.2) is 14.7 Å². The van der Waals surface area contributed by atoms with Crippen molar-refractivity contribution >= 4 is 37.3 Å². The van der Waals surface area contributed by atoms with E-state index in [9.17, 15) is 8.42 Å². The molecule has 1 saturated carbocycles. The molecule has 2 aliphatic rings. The SMILES string of the molecule is Cc1sc(Br)cc1S(=O)(=O)N1CCCC1C1CCCCC1. The molecule has 0 aromatic carbocycles. The summed E-state index contributed by atoms with van der Waals surface area (Å²) in [5.41, 5.74) is 0. The van der Waals surface area contributed by atoms with Crippen LogP contribution in [0, 0.1) is 12.8 Å². The standard InChI is InChI=1S/C15H22BrNO2S2/c1-11-14(10-15(16)20-11)21(18,19)17-9-5-8-13(17)12-6-3-2-4-7-12/h10,12-13H,2-9H2,1H3. The highest BCUT2D eigenvalue weighted by atomic mass is 79.9. The van der Waals surface area contributed by atoms with Gasteiger partial charge >= 0.3 is 0 Å². The molecule has 2 heterocycles. The smallest absolute Gasteiger partial charge is 0.207 e. The first-order valence-electron chi connectivity index (χ1n) is 7.78. The maximum Gasteiger partial charge on any atom is 0.244 e. The predicted octanol–water partition coefficient (Wildman–Crippen LogP) is 4.55. The zero-order valence-electron chi connectivity index (χ0n) is 12.3. The Balaban J connectivity index is 1.88. The van der Waals surface area contributed by atoms with Crippen molar-refractivity contribution in [2.24, 2.45) is 5.92 Å². The second-order valence-electron chi connectivity index (χ2n) is 6.19. The summed E-state index contributed by atoms with van der Waals surface area (Å²) in [7, 11) is -3.33. The van der Waals surface area contributed by atoms with Crippen molar-refractivity contribution in [1.29, 1.82) is 0 Å². The van der Waals surface area contributed by atoms with E-state index in [1.54, 1.807) is 6.07 Å². The highest BCUT2D eigenvalue weighted by molar-refractivity contribution is 9.11. The summed E-state index contributed by atoms with van der Waals surface area (Å²) in [6.45, 7) is 2.59. The number of hydrogen-bond acceptors (Lipinski definition) is 3. The van der Waals surface area contributed by atoms with Gasteiger partial charge in [-0.05, 0) is 60.5 Å². The lowest BCUT2D eigenvalue weighted by Crippen LogP contribution is -2.40. The first-order chi connectivity index (χ1) is 10.00. The topological polar surface area (TPSA) is 37.4 Å². The number of thiophene rings is 1. The molecule has 0 bridgehead atoms. The van der Waals surface area contributed by atoms with Gasteiger partial charge in [-0.1, -0.05) is 19.3 Å². The van der Waals surface area contributed by atoms with Gasteiger partial charge < -0.3 is 0 Å². The van der Waals surface area contributed by atoms with Crippen molar-refractivity contribution in [1.82, 2.24) is 4.31 Å². The van der Waals surface area contributed by atoms with Gasteiger partial charge in [0.1, 0.15) is 0 Å². The molecule has 1 aromatic rings. The van der Waals surface area contributed by atoms with E-state index in [1.165, 1.54) is 43.4 Å². The zero-order valence-corrected chi connectivity index (χ0v) is 15.6. The molecule has 1 unspecified atom stereocenters. The number of sulfonamides is 1. The highest BCUT2D eigenvalue weighted by Crippen LogP contribution is 2.39. The van der Waals surface area contributed by atoms with E-state index in [-0.39, 0.29) is 6.04 Å². The summed E-state index contributed by atoms with van der Waals surface area (Å²) >= 11 is 4.91. The Kier molecular flexibility index (Phi) is 4.79. The maximum absolute atomic E-state index is 13.0. The van der Waals surface area contributed by atoms with E-state index in [2.05, 4.69) is 15.9 Å². The van der Waals surface area contributed by atoms with Crippen molar-refractivity contribution in [3.63, 3.8) is 0 Å².